The Kier molecular flexibility index (Phi) is 14.5. The predicted octanol–water partition coefficient (Wildman–Crippen LogP) is 4.98. The molecule has 2 heterocycles. The highest BCUT2D eigenvalue weighted by atomic mass is 16.2. The number of carbonyl (C=O) groups is 2. The summed E-state index contributed by atoms with van der Waals surface area (Å²) >= 11 is 0. The normalized spacial score (nSPS) is 16.1. The molecule has 0 radical (unpaired) electrons. The van der Waals surface area contributed by atoms with E-state index in [-0.39, 0.29) is 17.9 Å². The molecule has 33 heavy (non-hydrogen) atoms. The van der Waals surface area contributed by atoms with E-state index in [4.69, 9.17) is 0 Å². The lowest BCUT2D eigenvalue weighted by Crippen LogP contribution is -2.43. The van der Waals surface area contributed by atoms with Gasteiger partial charge in [-0.05, 0) is 49.9 Å². The number of unbranched alkanes of at least 4 members (excludes halogenated alkanes) is 9. The number of nitrogens with one attached hydrogen (secondary N) is 2. The molecule has 1 saturated heterocycles. The standard InChI is InChI=1S/C27H46N4O2/c1-2-3-4-5-6-7-8-9-10-11-18-29-26(32)15-12-19-30-27(33)25-14-13-22-31(25)23-24-16-20-28-21-17-24/h16-17,20-21,25H,2-15,18-19,22-23H2,1H3,(H,29,32)(H,30,33)/t25-/m0/s1. The molecule has 6 heteroatoms. The lowest BCUT2D eigenvalue weighted by molar-refractivity contribution is -0.126. The molecule has 0 unspecified atom stereocenters. The molecule has 2 amide bonds. The number of carbonyl (C=O) groups excluding carboxylic acids is 2. The number of nitrogens with zero attached hydrogens (tertiary/aromatic N) is 2. The Balaban J connectivity index is 1.44. The maximum Gasteiger partial charge on any atom is 0.237 e. The van der Waals surface area contributed by atoms with Gasteiger partial charge in [0.05, 0.1) is 6.04 Å². The van der Waals surface area contributed by atoms with Gasteiger partial charge in [-0.3, -0.25) is 19.5 Å². The number of hydrogen-bond acceptors (Lipinski definition) is 4. The smallest absolute Gasteiger partial charge is 0.237 e. The van der Waals surface area contributed by atoms with Gasteiger partial charge in [-0.15, -0.1) is 0 Å². The monoisotopic (exact) mass is 458 g/mol. The van der Waals surface area contributed by atoms with Crippen LogP contribution in [0.25, 0.3) is 0 Å². The third kappa shape index (κ3) is 12.2. The van der Waals surface area contributed by atoms with Crippen molar-refractivity contribution in [1.82, 2.24) is 20.5 Å². The Morgan fingerprint density at radius 1 is 0.909 bits per heavy atom. The molecule has 1 fully saturated rings. The summed E-state index contributed by atoms with van der Waals surface area (Å²) < 4.78 is 0. The van der Waals surface area contributed by atoms with Crippen LogP contribution in [0, 0.1) is 0 Å². The zero-order chi connectivity index (χ0) is 23.6. The Hall–Kier alpha value is -1.95. The van der Waals surface area contributed by atoms with Crippen molar-refractivity contribution in [2.45, 2.75) is 109 Å². The zero-order valence-corrected chi connectivity index (χ0v) is 20.8. The van der Waals surface area contributed by atoms with Crippen molar-refractivity contribution in [3.05, 3.63) is 30.1 Å². The van der Waals surface area contributed by atoms with Gasteiger partial charge in [0.25, 0.3) is 0 Å². The summed E-state index contributed by atoms with van der Waals surface area (Å²) in [6.07, 6.45) is 19.7. The number of pyridine rings is 1. The molecule has 186 valence electrons. The van der Waals surface area contributed by atoms with Crippen LogP contribution in [0.3, 0.4) is 0 Å². The summed E-state index contributed by atoms with van der Waals surface area (Å²) in [7, 11) is 0. The van der Waals surface area contributed by atoms with Gasteiger partial charge in [0.15, 0.2) is 0 Å². The van der Waals surface area contributed by atoms with Gasteiger partial charge in [-0.25, -0.2) is 0 Å². The lowest BCUT2D eigenvalue weighted by atomic mass is 10.1. The summed E-state index contributed by atoms with van der Waals surface area (Å²) in [6.45, 7) is 5.31. The van der Waals surface area contributed by atoms with E-state index in [1.807, 2.05) is 12.1 Å². The minimum Gasteiger partial charge on any atom is -0.356 e. The minimum absolute atomic E-state index is 0.0664. The summed E-state index contributed by atoms with van der Waals surface area (Å²) in [4.78, 5) is 30.9. The van der Waals surface area contributed by atoms with E-state index in [0.29, 0.717) is 19.4 Å². The minimum atomic E-state index is -0.0664. The second kappa shape index (κ2) is 17.5. The number of amides is 2. The summed E-state index contributed by atoms with van der Waals surface area (Å²) in [6, 6.07) is 3.94. The van der Waals surface area contributed by atoms with Gasteiger partial charge >= 0.3 is 0 Å². The molecule has 1 aliphatic heterocycles. The van der Waals surface area contributed by atoms with Crippen molar-refractivity contribution in [2.24, 2.45) is 0 Å². The Morgan fingerprint density at radius 2 is 1.55 bits per heavy atom. The summed E-state index contributed by atoms with van der Waals surface area (Å²) in [5.41, 5.74) is 1.18. The highest BCUT2D eigenvalue weighted by Gasteiger charge is 2.30. The van der Waals surface area contributed by atoms with Gasteiger partial charge in [0.2, 0.25) is 11.8 Å². The van der Waals surface area contributed by atoms with Gasteiger partial charge in [0, 0.05) is 38.4 Å². The number of rotatable bonds is 18. The van der Waals surface area contributed by atoms with Crippen LogP contribution in [0.5, 0.6) is 0 Å². The van der Waals surface area contributed by atoms with Crippen LogP contribution < -0.4 is 10.6 Å². The number of likely N-dealkylation sites (tertiary alicyclic amines) is 1. The van der Waals surface area contributed by atoms with Gasteiger partial charge in [-0.1, -0.05) is 64.7 Å². The van der Waals surface area contributed by atoms with Crippen LogP contribution in [-0.4, -0.2) is 47.4 Å². The van der Waals surface area contributed by atoms with E-state index >= 15 is 0 Å². The fourth-order valence-corrected chi connectivity index (χ4v) is 4.54. The van der Waals surface area contributed by atoms with Crippen LogP contribution >= 0.6 is 0 Å². The Bertz CT molecular complexity index is 653. The molecule has 0 saturated carbocycles. The van der Waals surface area contributed by atoms with Crippen molar-refractivity contribution in [2.75, 3.05) is 19.6 Å². The highest BCUT2D eigenvalue weighted by Crippen LogP contribution is 2.20. The first-order chi connectivity index (χ1) is 16.2. The largest absolute Gasteiger partial charge is 0.356 e. The maximum atomic E-state index is 12.6. The third-order valence-electron chi connectivity index (χ3n) is 6.53. The molecular formula is C27H46N4O2. The Labute approximate surface area is 201 Å². The van der Waals surface area contributed by atoms with Crippen molar-refractivity contribution < 1.29 is 9.59 Å². The fourth-order valence-electron chi connectivity index (χ4n) is 4.54. The molecule has 1 aliphatic rings. The van der Waals surface area contributed by atoms with E-state index in [0.717, 1.165) is 38.9 Å². The topological polar surface area (TPSA) is 74.3 Å². The van der Waals surface area contributed by atoms with Gasteiger partial charge in [0.1, 0.15) is 0 Å². The number of aromatic nitrogens is 1. The molecule has 2 N–H and O–H groups in total. The molecule has 1 aromatic heterocycles. The molecule has 2 rings (SSSR count). The molecule has 6 nitrogen and oxygen atoms in total. The molecule has 0 aliphatic carbocycles. The van der Waals surface area contributed by atoms with Crippen molar-refractivity contribution in [3.63, 3.8) is 0 Å². The molecule has 0 bridgehead atoms. The van der Waals surface area contributed by atoms with Crippen molar-refractivity contribution in [3.8, 4) is 0 Å². The molecule has 1 atom stereocenters. The Morgan fingerprint density at radius 3 is 2.24 bits per heavy atom. The van der Waals surface area contributed by atoms with Crippen LogP contribution in [0.1, 0.15) is 102 Å². The molecule has 0 aromatic carbocycles. The van der Waals surface area contributed by atoms with Crippen LogP contribution in [0.2, 0.25) is 0 Å². The van der Waals surface area contributed by atoms with E-state index in [2.05, 4.69) is 27.4 Å². The maximum absolute atomic E-state index is 12.6. The first kappa shape index (κ1) is 27.3. The van der Waals surface area contributed by atoms with Crippen LogP contribution in [0.4, 0.5) is 0 Å². The van der Waals surface area contributed by atoms with E-state index in [9.17, 15) is 9.59 Å². The average molecular weight is 459 g/mol. The number of hydrogen-bond donors (Lipinski definition) is 2. The van der Waals surface area contributed by atoms with Gasteiger partial charge < -0.3 is 10.6 Å². The lowest BCUT2D eigenvalue weighted by Gasteiger charge is -2.23. The second-order valence-corrected chi connectivity index (χ2v) is 9.41. The summed E-state index contributed by atoms with van der Waals surface area (Å²) in [5.74, 6) is 0.188. The second-order valence-electron chi connectivity index (χ2n) is 9.41. The molecule has 1 aromatic rings. The predicted molar refractivity (Wildman–Crippen MR) is 135 cm³/mol. The van der Waals surface area contributed by atoms with Crippen molar-refractivity contribution in [1.29, 1.82) is 0 Å². The first-order valence-corrected chi connectivity index (χ1v) is 13.4. The van der Waals surface area contributed by atoms with Crippen LogP contribution in [0.15, 0.2) is 24.5 Å². The first-order valence-electron chi connectivity index (χ1n) is 13.4. The van der Waals surface area contributed by atoms with Crippen LogP contribution in [-0.2, 0) is 16.1 Å². The SMILES string of the molecule is CCCCCCCCCCCCNC(=O)CCCNC(=O)[C@@H]1CCCN1Cc1ccncc1. The third-order valence-corrected chi connectivity index (χ3v) is 6.53. The van der Waals surface area contributed by atoms with E-state index in [1.165, 1.54) is 63.4 Å². The average Bonchev–Trinajstić information content (AvgIpc) is 3.29. The molecule has 0 spiro atoms. The van der Waals surface area contributed by atoms with E-state index < -0.39 is 0 Å². The highest BCUT2D eigenvalue weighted by molar-refractivity contribution is 5.82. The molecular weight excluding hydrogens is 412 g/mol. The quantitative estimate of drug-likeness (QED) is 0.304. The fraction of sp³-hybridized carbons (Fsp3) is 0.741. The summed E-state index contributed by atoms with van der Waals surface area (Å²) in [5, 5.41) is 6.06. The zero-order valence-electron chi connectivity index (χ0n) is 20.8. The van der Waals surface area contributed by atoms with Gasteiger partial charge in [-0.2, -0.15) is 0 Å². The van der Waals surface area contributed by atoms with E-state index in [1.54, 1.807) is 12.4 Å². The van der Waals surface area contributed by atoms with Crippen molar-refractivity contribution >= 4 is 11.8 Å².